The molecule has 1 unspecified atom stereocenters. The van der Waals surface area contributed by atoms with E-state index in [9.17, 15) is 14.3 Å². The number of carboxylic acid groups (broad SMARTS) is 1. The van der Waals surface area contributed by atoms with Crippen LogP contribution in [0.2, 0.25) is 0 Å². The number of carbonyl (C=O) groups is 1. The van der Waals surface area contributed by atoms with Crippen molar-refractivity contribution >= 4 is 17.7 Å². The Morgan fingerprint density at radius 2 is 2.11 bits per heavy atom. The highest BCUT2D eigenvalue weighted by Crippen LogP contribution is 2.27. The van der Waals surface area contributed by atoms with Gasteiger partial charge < -0.3 is 5.11 Å². The number of aliphatic carboxylic acids is 1. The summed E-state index contributed by atoms with van der Waals surface area (Å²) >= 11 is 1.80. The lowest BCUT2D eigenvalue weighted by Crippen LogP contribution is -2.40. The molecule has 0 radical (unpaired) electrons. The summed E-state index contributed by atoms with van der Waals surface area (Å²) in [5.74, 6) is 0.388. The number of nitrogens with zero attached hydrogens (tertiary/aromatic N) is 1. The predicted molar refractivity (Wildman–Crippen MR) is 70.4 cm³/mol. The number of rotatable bonds is 3. The van der Waals surface area contributed by atoms with Crippen molar-refractivity contribution in [3.05, 3.63) is 35.1 Å². The molecule has 2 rings (SSSR count). The normalized spacial score (nSPS) is 18.6. The monoisotopic (exact) mass is 269 g/mol. The Labute approximate surface area is 110 Å². The fourth-order valence-corrected chi connectivity index (χ4v) is 3.11. The zero-order chi connectivity index (χ0) is 13.1. The van der Waals surface area contributed by atoms with Crippen LogP contribution in [0.4, 0.5) is 4.39 Å². The zero-order valence-electron chi connectivity index (χ0n) is 10.2. The van der Waals surface area contributed by atoms with Gasteiger partial charge in [-0.1, -0.05) is 12.1 Å². The summed E-state index contributed by atoms with van der Waals surface area (Å²) in [6.07, 6.45) is 0. The van der Waals surface area contributed by atoms with Crippen LogP contribution in [0, 0.1) is 12.7 Å². The third-order valence-corrected chi connectivity index (χ3v) is 4.04. The number of aryl methyl sites for hydroxylation is 1. The molecule has 3 nitrogen and oxygen atoms in total. The largest absolute Gasteiger partial charge is 0.480 e. The van der Waals surface area contributed by atoms with Gasteiger partial charge in [0.2, 0.25) is 0 Å². The van der Waals surface area contributed by atoms with Crippen molar-refractivity contribution in [3.63, 3.8) is 0 Å². The highest BCUT2D eigenvalue weighted by atomic mass is 32.2. The Hall–Kier alpha value is -1.07. The molecule has 5 heteroatoms. The van der Waals surface area contributed by atoms with Crippen molar-refractivity contribution in [2.75, 3.05) is 24.6 Å². The van der Waals surface area contributed by atoms with E-state index in [2.05, 4.69) is 0 Å². The quantitative estimate of drug-likeness (QED) is 0.914. The average molecular weight is 269 g/mol. The maximum atomic E-state index is 13.9. The molecule has 18 heavy (non-hydrogen) atoms. The van der Waals surface area contributed by atoms with Crippen molar-refractivity contribution in [1.29, 1.82) is 0 Å². The Bertz CT molecular complexity index is 447. The molecular weight excluding hydrogens is 253 g/mol. The molecule has 0 aliphatic carbocycles. The molecule has 1 aliphatic heterocycles. The van der Waals surface area contributed by atoms with E-state index in [0.29, 0.717) is 13.1 Å². The van der Waals surface area contributed by atoms with Crippen molar-refractivity contribution < 1.29 is 14.3 Å². The van der Waals surface area contributed by atoms with Crippen molar-refractivity contribution in [1.82, 2.24) is 4.90 Å². The van der Waals surface area contributed by atoms with E-state index in [4.69, 9.17) is 0 Å². The van der Waals surface area contributed by atoms with Crippen LogP contribution in [-0.2, 0) is 4.79 Å². The molecule has 1 N–H and O–H groups in total. The first kappa shape index (κ1) is 13.4. The van der Waals surface area contributed by atoms with Gasteiger partial charge in [0.05, 0.1) is 0 Å². The number of halogens is 1. The fourth-order valence-electron chi connectivity index (χ4n) is 2.18. The van der Waals surface area contributed by atoms with Gasteiger partial charge in [-0.3, -0.25) is 9.69 Å². The lowest BCUT2D eigenvalue weighted by atomic mass is 10.0. The van der Waals surface area contributed by atoms with Crippen LogP contribution in [0.15, 0.2) is 18.2 Å². The van der Waals surface area contributed by atoms with E-state index in [1.54, 1.807) is 30.8 Å². The first-order chi connectivity index (χ1) is 8.59. The Morgan fingerprint density at radius 1 is 1.44 bits per heavy atom. The maximum absolute atomic E-state index is 13.9. The van der Waals surface area contributed by atoms with E-state index in [0.717, 1.165) is 17.1 Å². The molecule has 1 saturated heterocycles. The van der Waals surface area contributed by atoms with Gasteiger partial charge in [-0.25, -0.2) is 4.39 Å². The lowest BCUT2D eigenvalue weighted by molar-refractivity contribution is -0.143. The smallest absolute Gasteiger partial charge is 0.325 e. The van der Waals surface area contributed by atoms with Gasteiger partial charge in [0, 0.05) is 30.2 Å². The molecular formula is C13H16FNO2S. The highest BCUT2D eigenvalue weighted by molar-refractivity contribution is 7.99. The molecule has 0 bridgehead atoms. The SMILES string of the molecule is Cc1ccc(C(C(=O)O)N2CCSCC2)c(F)c1. The van der Waals surface area contributed by atoms with Gasteiger partial charge in [0.15, 0.2) is 0 Å². The van der Waals surface area contributed by atoms with Gasteiger partial charge in [-0.2, -0.15) is 11.8 Å². The summed E-state index contributed by atoms with van der Waals surface area (Å²) < 4.78 is 13.9. The van der Waals surface area contributed by atoms with Crippen LogP contribution >= 0.6 is 11.8 Å². The Balaban J connectivity index is 2.31. The molecule has 98 valence electrons. The summed E-state index contributed by atoms with van der Waals surface area (Å²) in [6.45, 7) is 3.17. The van der Waals surface area contributed by atoms with Crippen LogP contribution in [0.5, 0.6) is 0 Å². The Kier molecular flexibility index (Phi) is 4.24. The molecule has 0 aromatic heterocycles. The topological polar surface area (TPSA) is 40.5 Å². The van der Waals surface area contributed by atoms with Crippen molar-refractivity contribution in [2.45, 2.75) is 13.0 Å². The minimum absolute atomic E-state index is 0.264. The Morgan fingerprint density at radius 3 is 2.67 bits per heavy atom. The lowest BCUT2D eigenvalue weighted by Gasteiger charge is -2.32. The first-order valence-corrected chi connectivity index (χ1v) is 7.05. The molecule has 0 spiro atoms. The summed E-state index contributed by atoms with van der Waals surface area (Å²) in [5.41, 5.74) is 1.06. The molecule has 0 amide bonds. The van der Waals surface area contributed by atoms with Gasteiger partial charge in [-0.05, 0) is 18.6 Å². The van der Waals surface area contributed by atoms with E-state index in [1.807, 2.05) is 4.90 Å². The summed E-state index contributed by atoms with van der Waals surface area (Å²) in [5, 5.41) is 9.36. The molecule has 0 saturated carbocycles. The van der Waals surface area contributed by atoms with E-state index in [-0.39, 0.29) is 5.56 Å². The summed E-state index contributed by atoms with van der Waals surface area (Å²) in [7, 11) is 0. The van der Waals surface area contributed by atoms with Crippen LogP contribution in [0.3, 0.4) is 0 Å². The number of hydrogen-bond acceptors (Lipinski definition) is 3. The number of hydrogen-bond donors (Lipinski definition) is 1. The van der Waals surface area contributed by atoms with Gasteiger partial charge in [0.25, 0.3) is 0 Å². The number of thioether (sulfide) groups is 1. The summed E-state index contributed by atoms with van der Waals surface area (Å²) in [4.78, 5) is 13.3. The second-order valence-corrected chi connectivity index (χ2v) is 5.64. The summed E-state index contributed by atoms with van der Waals surface area (Å²) in [6, 6.07) is 3.87. The van der Waals surface area contributed by atoms with Crippen LogP contribution in [0.1, 0.15) is 17.2 Å². The molecule has 1 heterocycles. The van der Waals surface area contributed by atoms with Crippen molar-refractivity contribution in [3.8, 4) is 0 Å². The fraction of sp³-hybridized carbons (Fsp3) is 0.462. The standard InChI is InChI=1S/C13H16FNO2S/c1-9-2-3-10(11(14)8-9)12(13(16)17)15-4-6-18-7-5-15/h2-3,8,12H,4-7H2,1H3,(H,16,17). The van der Waals surface area contributed by atoms with Gasteiger partial charge in [0.1, 0.15) is 11.9 Å². The predicted octanol–water partition coefficient (Wildman–Crippen LogP) is 2.31. The van der Waals surface area contributed by atoms with Crippen LogP contribution in [-0.4, -0.2) is 40.6 Å². The number of benzene rings is 1. The average Bonchev–Trinajstić information content (AvgIpc) is 2.33. The highest BCUT2D eigenvalue weighted by Gasteiger charge is 2.30. The van der Waals surface area contributed by atoms with Gasteiger partial charge in [-0.15, -0.1) is 0 Å². The molecule has 1 aromatic rings. The van der Waals surface area contributed by atoms with Crippen LogP contribution in [0.25, 0.3) is 0 Å². The number of carboxylic acids is 1. The zero-order valence-corrected chi connectivity index (χ0v) is 11.0. The second kappa shape index (κ2) is 5.71. The minimum Gasteiger partial charge on any atom is -0.480 e. The van der Waals surface area contributed by atoms with Gasteiger partial charge >= 0.3 is 5.97 Å². The molecule has 1 aliphatic rings. The third-order valence-electron chi connectivity index (χ3n) is 3.10. The van der Waals surface area contributed by atoms with E-state index >= 15 is 0 Å². The van der Waals surface area contributed by atoms with E-state index < -0.39 is 17.8 Å². The second-order valence-electron chi connectivity index (χ2n) is 4.41. The van der Waals surface area contributed by atoms with Crippen LogP contribution < -0.4 is 0 Å². The van der Waals surface area contributed by atoms with E-state index in [1.165, 1.54) is 6.07 Å². The molecule has 1 aromatic carbocycles. The first-order valence-electron chi connectivity index (χ1n) is 5.90. The molecule has 1 atom stereocenters. The third kappa shape index (κ3) is 2.84. The van der Waals surface area contributed by atoms with Crippen molar-refractivity contribution in [2.24, 2.45) is 0 Å². The minimum atomic E-state index is -0.982. The maximum Gasteiger partial charge on any atom is 0.325 e. The molecule has 1 fully saturated rings.